The average molecular weight is 248 g/mol. The fourth-order valence-electron chi connectivity index (χ4n) is 2.64. The fourth-order valence-corrected chi connectivity index (χ4v) is 2.64. The first kappa shape index (κ1) is 13.1. The Hall–Kier alpha value is -1.32. The summed E-state index contributed by atoms with van der Waals surface area (Å²) < 4.78 is 0. The van der Waals surface area contributed by atoms with Crippen LogP contribution in [0.1, 0.15) is 51.0 Å². The summed E-state index contributed by atoms with van der Waals surface area (Å²) in [4.78, 5) is 11.0. The maximum absolute atomic E-state index is 6.01. The molecule has 0 saturated carbocycles. The standard InChI is InChI=1S/C14H24N4/c1-2-8-12-13(15)16-11-17-14(12)18-9-6-4-3-5-7-10-18/h11H,2-10H2,1H3,(H2,15,16,17). The van der Waals surface area contributed by atoms with Crippen molar-refractivity contribution in [3.63, 3.8) is 0 Å². The van der Waals surface area contributed by atoms with Crippen LogP contribution in [0.25, 0.3) is 0 Å². The summed E-state index contributed by atoms with van der Waals surface area (Å²) >= 11 is 0. The van der Waals surface area contributed by atoms with Crippen LogP contribution in [0.3, 0.4) is 0 Å². The lowest BCUT2D eigenvalue weighted by molar-refractivity contribution is 0.552. The molecule has 1 saturated heterocycles. The summed E-state index contributed by atoms with van der Waals surface area (Å²) in [6.07, 6.45) is 10.2. The number of rotatable bonds is 3. The van der Waals surface area contributed by atoms with Crippen LogP contribution in [-0.4, -0.2) is 23.1 Å². The van der Waals surface area contributed by atoms with Crippen LogP contribution in [0, 0.1) is 0 Å². The second-order valence-corrected chi connectivity index (χ2v) is 5.07. The van der Waals surface area contributed by atoms with Crippen molar-refractivity contribution in [2.45, 2.75) is 51.9 Å². The minimum absolute atomic E-state index is 0.656. The molecule has 18 heavy (non-hydrogen) atoms. The van der Waals surface area contributed by atoms with E-state index in [1.807, 2.05) is 0 Å². The molecule has 0 spiro atoms. The van der Waals surface area contributed by atoms with Gasteiger partial charge in [-0.3, -0.25) is 0 Å². The van der Waals surface area contributed by atoms with E-state index in [0.29, 0.717) is 5.82 Å². The van der Waals surface area contributed by atoms with Crippen molar-refractivity contribution in [1.82, 2.24) is 9.97 Å². The topological polar surface area (TPSA) is 55.0 Å². The van der Waals surface area contributed by atoms with Gasteiger partial charge in [-0.25, -0.2) is 9.97 Å². The molecular weight excluding hydrogens is 224 g/mol. The Morgan fingerprint density at radius 2 is 1.78 bits per heavy atom. The van der Waals surface area contributed by atoms with E-state index in [2.05, 4.69) is 21.8 Å². The van der Waals surface area contributed by atoms with Crippen molar-refractivity contribution in [3.05, 3.63) is 11.9 Å². The molecule has 1 aromatic heterocycles. The predicted octanol–water partition coefficient (Wildman–Crippen LogP) is 2.78. The van der Waals surface area contributed by atoms with Crippen molar-refractivity contribution in [2.75, 3.05) is 23.7 Å². The van der Waals surface area contributed by atoms with Crippen LogP contribution < -0.4 is 10.6 Å². The number of hydrogen-bond donors (Lipinski definition) is 1. The van der Waals surface area contributed by atoms with E-state index in [1.54, 1.807) is 6.33 Å². The Kier molecular flexibility index (Phi) is 4.79. The lowest BCUT2D eigenvalue weighted by atomic mass is 10.1. The number of anilines is 2. The second kappa shape index (κ2) is 6.57. The molecule has 2 heterocycles. The SMILES string of the molecule is CCCc1c(N)ncnc1N1CCCCCCC1. The van der Waals surface area contributed by atoms with Gasteiger partial charge >= 0.3 is 0 Å². The van der Waals surface area contributed by atoms with Crippen LogP contribution in [0.15, 0.2) is 6.33 Å². The Morgan fingerprint density at radius 1 is 1.11 bits per heavy atom. The molecule has 0 unspecified atom stereocenters. The number of hydrogen-bond acceptors (Lipinski definition) is 4. The Bertz CT molecular complexity index is 370. The maximum Gasteiger partial charge on any atom is 0.137 e. The number of nitrogens with zero attached hydrogens (tertiary/aromatic N) is 3. The molecule has 0 aromatic carbocycles. The zero-order valence-electron chi connectivity index (χ0n) is 11.4. The zero-order valence-corrected chi connectivity index (χ0v) is 11.4. The van der Waals surface area contributed by atoms with E-state index < -0.39 is 0 Å². The summed E-state index contributed by atoms with van der Waals surface area (Å²) in [5.41, 5.74) is 7.15. The largest absolute Gasteiger partial charge is 0.383 e. The molecule has 1 fully saturated rings. The summed E-state index contributed by atoms with van der Waals surface area (Å²) in [5.74, 6) is 1.73. The van der Waals surface area contributed by atoms with Crippen LogP contribution in [0.2, 0.25) is 0 Å². The number of nitrogens with two attached hydrogens (primary N) is 1. The monoisotopic (exact) mass is 248 g/mol. The molecule has 0 atom stereocenters. The quantitative estimate of drug-likeness (QED) is 0.893. The van der Waals surface area contributed by atoms with E-state index in [0.717, 1.165) is 37.3 Å². The average Bonchev–Trinajstić information content (AvgIpc) is 2.32. The molecule has 1 aromatic rings. The highest BCUT2D eigenvalue weighted by Crippen LogP contribution is 2.25. The first-order chi connectivity index (χ1) is 8.83. The third-order valence-corrected chi connectivity index (χ3v) is 3.61. The third kappa shape index (κ3) is 3.12. The van der Waals surface area contributed by atoms with E-state index >= 15 is 0 Å². The van der Waals surface area contributed by atoms with Gasteiger partial charge in [-0.15, -0.1) is 0 Å². The molecular formula is C14H24N4. The normalized spacial score (nSPS) is 17.3. The number of nitrogen functional groups attached to an aromatic ring is 1. The lowest BCUT2D eigenvalue weighted by Crippen LogP contribution is -2.29. The van der Waals surface area contributed by atoms with E-state index in [1.165, 1.54) is 32.1 Å². The van der Waals surface area contributed by atoms with Crippen molar-refractivity contribution in [2.24, 2.45) is 0 Å². The summed E-state index contributed by atoms with van der Waals surface area (Å²) in [6.45, 7) is 4.38. The molecule has 1 aliphatic heterocycles. The molecule has 1 aliphatic rings. The van der Waals surface area contributed by atoms with Gasteiger partial charge in [-0.2, -0.15) is 0 Å². The summed E-state index contributed by atoms with van der Waals surface area (Å²) in [5, 5.41) is 0. The smallest absolute Gasteiger partial charge is 0.137 e. The van der Waals surface area contributed by atoms with E-state index in [-0.39, 0.29) is 0 Å². The minimum atomic E-state index is 0.656. The van der Waals surface area contributed by atoms with Gasteiger partial charge in [0.1, 0.15) is 18.0 Å². The molecule has 0 aliphatic carbocycles. The molecule has 100 valence electrons. The van der Waals surface area contributed by atoms with E-state index in [9.17, 15) is 0 Å². The van der Waals surface area contributed by atoms with Crippen molar-refractivity contribution in [3.8, 4) is 0 Å². The molecule has 0 radical (unpaired) electrons. The summed E-state index contributed by atoms with van der Waals surface area (Å²) in [7, 11) is 0. The fraction of sp³-hybridized carbons (Fsp3) is 0.714. The molecule has 2 rings (SSSR count). The van der Waals surface area contributed by atoms with Crippen molar-refractivity contribution in [1.29, 1.82) is 0 Å². The van der Waals surface area contributed by atoms with Crippen LogP contribution in [0.5, 0.6) is 0 Å². The van der Waals surface area contributed by atoms with Crippen LogP contribution in [0.4, 0.5) is 11.6 Å². The first-order valence-corrected chi connectivity index (χ1v) is 7.17. The zero-order chi connectivity index (χ0) is 12.8. The third-order valence-electron chi connectivity index (χ3n) is 3.61. The molecule has 4 heteroatoms. The highest BCUT2D eigenvalue weighted by molar-refractivity contribution is 5.56. The van der Waals surface area contributed by atoms with Crippen molar-refractivity contribution < 1.29 is 0 Å². The highest BCUT2D eigenvalue weighted by Gasteiger charge is 2.16. The predicted molar refractivity (Wildman–Crippen MR) is 75.7 cm³/mol. The van der Waals surface area contributed by atoms with Gasteiger partial charge in [0.05, 0.1) is 0 Å². The van der Waals surface area contributed by atoms with Gasteiger partial charge < -0.3 is 10.6 Å². The maximum atomic E-state index is 6.01. The van der Waals surface area contributed by atoms with Gasteiger partial charge in [0, 0.05) is 18.7 Å². The molecule has 2 N–H and O–H groups in total. The van der Waals surface area contributed by atoms with Crippen LogP contribution in [-0.2, 0) is 6.42 Å². The Balaban J connectivity index is 2.21. The highest BCUT2D eigenvalue weighted by atomic mass is 15.2. The second-order valence-electron chi connectivity index (χ2n) is 5.07. The van der Waals surface area contributed by atoms with Gasteiger partial charge in [0.2, 0.25) is 0 Å². The van der Waals surface area contributed by atoms with Crippen LogP contribution >= 0.6 is 0 Å². The molecule has 0 amide bonds. The number of aromatic nitrogens is 2. The van der Waals surface area contributed by atoms with Gasteiger partial charge in [-0.1, -0.05) is 32.6 Å². The Labute approximate surface area is 110 Å². The first-order valence-electron chi connectivity index (χ1n) is 7.17. The lowest BCUT2D eigenvalue weighted by Gasteiger charge is -2.27. The summed E-state index contributed by atoms with van der Waals surface area (Å²) in [6, 6.07) is 0. The van der Waals surface area contributed by atoms with Gasteiger partial charge in [0.15, 0.2) is 0 Å². The minimum Gasteiger partial charge on any atom is -0.383 e. The van der Waals surface area contributed by atoms with Crippen molar-refractivity contribution >= 4 is 11.6 Å². The molecule has 4 nitrogen and oxygen atoms in total. The van der Waals surface area contributed by atoms with E-state index in [4.69, 9.17) is 5.73 Å². The Morgan fingerprint density at radius 3 is 2.44 bits per heavy atom. The molecule has 0 bridgehead atoms. The van der Waals surface area contributed by atoms with Gasteiger partial charge in [0.25, 0.3) is 0 Å². The van der Waals surface area contributed by atoms with Gasteiger partial charge in [-0.05, 0) is 19.3 Å².